The lowest BCUT2D eigenvalue weighted by atomic mass is 10.1. The summed E-state index contributed by atoms with van der Waals surface area (Å²) in [7, 11) is 0. The zero-order valence-electron chi connectivity index (χ0n) is 27.8. The third-order valence-electron chi connectivity index (χ3n) is 9.07. The van der Waals surface area contributed by atoms with Crippen LogP contribution in [0.1, 0.15) is 124 Å². The third-order valence-corrected chi connectivity index (χ3v) is 9.07. The largest absolute Gasteiger partial charge is 0.870 e. The summed E-state index contributed by atoms with van der Waals surface area (Å²) in [5.74, 6) is 0. The number of rotatable bonds is 12. The Morgan fingerprint density at radius 2 is 0.886 bits per heavy atom. The van der Waals surface area contributed by atoms with E-state index in [0.717, 1.165) is 51.9 Å². The minimum absolute atomic E-state index is 0. The molecule has 8 bridgehead atoms. The number of hydrogen-bond acceptors (Lipinski definition) is 2. The lowest BCUT2D eigenvalue weighted by Crippen LogP contribution is -2.38. The molecule has 1 aliphatic rings. The van der Waals surface area contributed by atoms with Crippen molar-refractivity contribution in [1.29, 1.82) is 0 Å². The van der Waals surface area contributed by atoms with Crippen LogP contribution >= 0.6 is 0 Å². The zero-order chi connectivity index (χ0) is 29.3. The molecule has 6 heteroatoms. The van der Waals surface area contributed by atoms with Gasteiger partial charge in [0.15, 0.2) is 0 Å². The van der Waals surface area contributed by atoms with Crippen molar-refractivity contribution in [3.05, 3.63) is 106 Å². The van der Waals surface area contributed by atoms with Gasteiger partial charge in [-0.3, -0.25) is 0 Å². The van der Waals surface area contributed by atoms with Gasteiger partial charge in [-0.15, -0.1) is 0 Å². The fourth-order valence-electron chi connectivity index (χ4n) is 6.79. The van der Waals surface area contributed by atoms with Crippen molar-refractivity contribution in [2.24, 2.45) is 0 Å². The second-order valence-electron chi connectivity index (χ2n) is 12.6. The van der Waals surface area contributed by atoms with Crippen LogP contribution in [0.5, 0.6) is 0 Å². The lowest BCUT2D eigenvalue weighted by molar-refractivity contribution is -0.696. The summed E-state index contributed by atoms with van der Waals surface area (Å²) in [6, 6.07) is 18.8. The van der Waals surface area contributed by atoms with E-state index in [-0.39, 0.29) is 11.0 Å². The van der Waals surface area contributed by atoms with Crippen molar-refractivity contribution in [3.8, 4) is 0 Å². The molecule has 240 valence electrons. The molecule has 0 saturated heterocycles. The van der Waals surface area contributed by atoms with E-state index in [1.54, 1.807) is 22.8 Å². The third kappa shape index (κ3) is 8.48. The van der Waals surface area contributed by atoms with Gasteiger partial charge >= 0.3 is 0 Å². The predicted molar refractivity (Wildman–Crippen MR) is 177 cm³/mol. The van der Waals surface area contributed by atoms with E-state index in [1.165, 1.54) is 73.6 Å². The Bertz CT molecular complexity index is 1250. The Balaban J connectivity index is 0.00000264. The molecule has 0 aliphatic carbocycles. The summed E-state index contributed by atoms with van der Waals surface area (Å²) in [6.07, 6.45) is 19.4. The van der Waals surface area contributed by atoms with Crippen molar-refractivity contribution in [2.45, 2.75) is 131 Å². The molecule has 44 heavy (non-hydrogen) atoms. The van der Waals surface area contributed by atoms with Crippen LogP contribution in [0.4, 0.5) is 0 Å². The summed E-state index contributed by atoms with van der Waals surface area (Å²) in [5.41, 5.74) is 11.8. The van der Waals surface area contributed by atoms with Crippen molar-refractivity contribution >= 4 is 0 Å². The molecule has 4 aromatic rings. The molecular formula is C38H56N4O2. The van der Waals surface area contributed by atoms with Gasteiger partial charge in [0.1, 0.15) is 49.0 Å². The minimum Gasteiger partial charge on any atom is -0.870 e. The Morgan fingerprint density at radius 3 is 1.30 bits per heavy atom. The van der Waals surface area contributed by atoms with Gasteiger partial charge in [0.2, 0.25) is 12.7 Å². The van der Waals surface area contributed by atoms with E-state index >= 15 is 0 Å². The molecule has 0 saturated carbocycles. The minimum atomic E-state index is 0. The van der Waals surface area contributed by atoms with Gasteiger partial charge < -0.3 is 11.0 Å². The highest BCUT2D eigenvalue weighted by Crippen LogP contribution is 2.20. The van der Waals surface area contributed by atoms with Gasteiger partial charge in [-0.1, -0.05) is 89.8 Å². The highest BCUT2D eigenvalue weighted by molar-refractivity contribution is 5.27. The molecule has 0 amide bonds. The standard InChI is InChI=1S/C38H54N4.2H2O/c1-5-9-19-35-36(20-10-6-2)40-26-32-16-14-18-34(24-32)28-42-30-41(37(21-11-7-3)38(42)22-12-8-4)27-33-17-13-15-31(23-33)25-39(35)29-40;;/h13-18,23-24,29-30H,5-12,19-22,25-28H2,1-4H3;2*1H2/q+2;;/p-2. The first-order valence-electron chi connectivity index (χ1n) is 17.0. The molecule has 0 unspecified atom stereocenters. The first-order chi connectivity index (χ1) is 20.6. The fraction of sp³-hybridized carbons (Fsp3) is 0.526. The molecule has 0 fully saturated rings. The van der Waals surface area contributed by atoms with Crippen LogP contribution in [0.25, 0.3) is 0 Å². The van der Waals surface area contributed by atoms with Gasteiger partial charge in [0, 0.05) is 25.7 Å². The van der Waals surface area contributed by atoms with Crippen LogP contribution in [0.2, 0.25) is 0 Å². The molecule has 0 radical (unpaired) electrons. The molecule has 0 spiro atoms. The molecule has 5 rings (SSSR count). The topological polar surface area (TPSA) is 77.6 Å². The van der Waals surface area contributed by atoms with E-state index in [2.05, 4.69) is 107 Å². The molecule has 3 heterocycles. The summed E-state index contributed by atoms with van der Waals surface area (Å²) >= 11 is 0. The van der Waals surface area contributed by atoms with Crippen molar-refractivity contribution in [3.63, 3.8) is 0 Å². The Kier molecular flexibility index (Phi) is 13.9. The quantitative estimate of drug-likeness (QED) is 0.140. The Morgan fingerprint density at radius 1 is 0.523 bits per heavy atom. The maximum absolute atomic E-state index is 2.58. The van der Waals surface area contributed by atoms with E-state index in [4.69, 9.17) is 0 Å². The van der Waals surface area contributed by atoms with E-state index in [9.17, 15) is 0 Å². The monoisotopic (exact) mass is 600 g/mol. The smallest absolute Gasteiger partial charge is 0.244 e. The lowest BCUT2D eigenvalue weighted by Gasteiger charge is -2.08. The number of aromatic nitrogens is 4. The average Bonchev–Trinajstić information content (AvgIpc) is 3.47. The zero-order valence-corrected chi connectivity index (χ0v) is 27.8. The van der Waals surface area contributed by atoms with Crippen LogP contribution in [0, 0.1) is 0 Å². The first kappa shape index (κ1) is 35.3. The molecule has 2 aromatic carbocycles. The molecule has 2 N–H and O–H groups in total. The number of unbranched alkanes of at least 4 members (excludes halogenated alkanes) is 4. The Hall–Kier alpha value is -3.22. The number of nitrogens with zero attached hydrogens (tertiary/aromatic N) is 4. The van der Waals surface area contributed by atoms with Crippen LogP contribution in [0.15, 0.2) is 61.2 Å². The number of imidazole rings is 2. The highest BCUT2D eigenvalue weighted by atomic mass is 16.0. The summed E-state index contributed by atoms with van der Waals surface area (Å²) in [5, 5.41) is 0. The van der Waals surface area contributed by atoms with Gasteiger partial charge in [-0.25, -0.2) is 18.3 Å². The van der Waals surface area contributed by atoms with E-state index in [1.807, 2.05) is 0 Å². The van der Waals surface area contributed by atoms with Gasteiger partial charge in [-0.2, -0.15) is 0 Å². The molecule has 1 aliphatic heterocycles. The van der Waals surface area contributed by atoms with Crippen molar-refractivity contribution in [2.75, 3.05) is 0 Å². The summed E-state index contributed by atoms with van der Waals surface area (Å²) < 4.78 is 10.3. The normalized spacial score (nSPS) is 12.5. The summed E-state index contributed by atoms with van der Waals surface area (Å²) in [4.78, 5) is 0. The second-order valence-corrected chi connectivity index (χ2v) is 12.6. The van der Waals surface area contributed by atoms with E-state index in [0.29, 0.717) is 0 Å². The molecule has 2 aromatic heterocycles. The second kappa shape index (κ2) is 17.3. The van der Waals surface area contributed by atoms with Gasteiger partial charge in [0.25, 0.3) is 0 Å². The average molecular weight is 601 g/mol. The number of fused-ring (bicyclic) bond motifs is 8. The highest BCUT2D eigenvalue weighted by Gasteiger charge is 2.25. The Labute approximate surface area is 266 Å². The SMILES string of the molecule is CCCCc1c(CCCC)[n+]2cn1Cc1cccc(c1)Cn1c[n+](c(CCCC)c1CCCC)Cc1cccc(c1)C2.[OH-].[OH-]. The van der Waals surface area contributed by atoms with Crippen molar-refractivity contribution < 1.29 is 20.1 Å². The number of benzene rings is 2. The van der Waals surface area contributed by atoms with Crippen LogP contribution < -0.4 is 9.13 Å². The number of hydrogen-bond donors (Lipinski definition) is 0. The van der Waals surface area contributed by atoms with Crippen LogP contribution in [-0.2, 0) is 51.9 Å². The molecular weight excluding hydrogens is 544 g/mol. The summed E-state index contributed by atoms with van der Waals surface area (Å²) in [6.45, 7) is 13.0. The van der Waals surface area contributed by atoms with E-state index < -0.39 is 0 Å². The van der Waals surface area contributed by atoms with Crippen LogP contribution in [-0.4, -0.2) is 20.1 Å². The predicted octanol–water partition coefficient (Wildman–Crippen LogP) is 7.39. The van der Waals surface area contributed by atoms with Gasteiger partial charge in [0.05, 0.1) is 0 Å². The van der Waals surface area contributed by atoms with Crippen LogP contribution in [0.3, 0.4) is 0 Å². The van der Waals surface area contributed by atoms with Gasteiger partial charge in [-0.05, 0) is 60.1 Å². The maximum atomic E-state index is 2.58. The molecule has 0 atom stereocenters. The fourth-order valence-corrected chi connectivity index (χ4v) is 6.79. The van der Waals surface area contributed by atoms with Crippen molar-refractivity contribution in [1.82, 2.24) is 9.13 Å². The molecule has 6 nitrogen and oxygen atoms in total. The maximum Gasteiger partial charge on any atom is 0.244 e. The first-order valence-corrected chi connectivity index (χ1v) is 17.0.